The van der Waals surface area contributed by atoms with Crippen molar-refractivity contribution in [3.05, 3.63) is 78.9 Å². The summed E-state index contributed by atoms with van der Waals surface area (Å²) in [6.45, 7) is 6.23. The highest BCUT2D eigenvalue weighted by Crippen LogP contribution is 2.36. The number of rotatable bonds is 3. The fourth-order valence-corrected chi connectivity index (χ4v) is 4.91. The number of aryl methyl sites for hydroxylation is 1. The minimum absolute atomic E-state index is 0.295. The molecule has 4 aromatic heterocycles. The maximum atomic E-state index is 4.98. The summed E-state index contributed by atoms with van der Waals surface area (Å²) in [4.78, 5) is 29.9. The van der Waals surface area contributed by atoms with Gasteiger partial charge >= 0.3 is 0 Å². The van der Waals surface area contributed by atoms with Crippen molar-refractivity contribution in [2.45, 2.75) is 26.7 Å². The molecule has 0 aliphatic rings. The minimum atomic E-state index is 0.295. The molecule has 2 N–H and O–H groups in total. The van der Waals surface area contributed by atoms with E-state index in [-0.39, 0.29) is 0 Å². The second-order valence-corrected chi connectivity index (χ2v) is 9.53. The van der Waals surface area contributed by atoms with Crippen molar-refractivity contribution in [2.75, 3.05) is 0 Å². The average Bonchev–Trinajstić information content (AvgIpc) is 3.55. The zero-order chi connectivity index (χ0) is 24.4. The van der Waals surface area contributed by atoms with Crippen LogP contribution in [-0.4, -0.2) is 34.9 Å². The highest BCUT2D eigenvalue weighted by Gasteiger charge is 2.16. The fraction of sp³-hybridized carbons (Fsp3) is 0.138. The van der Waals surface area contributed by atoms with Gasteiger partial charge in [-0.15, -0.1) is 0 Å². The van der Waals surface area contributed by atoms with E-state index in [9.17, 15) is 0 Å². The van der Waals surface area contributed by atoms with E-state index >= 15 is 0 Å². The molecule has 7 heteroatoms. The Kier molecular flexibility index (Phi) is 4.42. The van der Waals surface area contributed by atoms with Crippen LogP contribution in [0.15, 0.2) is 67.3 Å². The molecule has 0 fully saturated rings. The third-order valence-corrected chi connectivity index (χ3v) is 6.78. The third kappa shape index (κ3) is 3.16. The van der Waals surface area contributed by atoms with Crippen LogP contribution in [0.3, 0.4) is 0 Å². The number of H-pyrrole nitrogens is 2. The lowest BCUT2D eigenvalue weighted by molar-refractivity contribution is 0.799. The monoisotopic (exact) mass is 469 g/mol. The Morgan fingerprint density at radius 3 is 2.47 bits per heavy atom. The number of fused-ring (bicyclic) bond motifs is 7. The van der Waals surface area contributed by atoms with E-state index in [2.05, 4.69) is 87.3 Å². The van der Waals surface area contributed by atoms with Crippen LogP contribution in [0.1, 0.15) is 31.4 Å². The van der Waals surface area contributed by atoms with Gasteiger partial charge in [0, 0.05) is 39.4 Å². The number of nitrogens with one attached hydrogen (secondary N) is 2. The number of hydrogen-bond acceptors (Lipinski definition) is 5. The van der Waals surface area contributed by atoms with Crippen molar-refractivity contribution in [1.82, 2.24) is 34.9 Å². The Bertz CT molecular complexity index is 1940. The van der Waals surface area contributed by atoms with Gasteiger partial charge in [0.2, 0.25) is 0 Å². The van der Waals surface area contributed by atoms with Crippen LogP contribution in [0.25, 0.3) is 66.1 Å². The molecule has 4 heterocycles. The summed E-state index contributed by atoms with van der Waals surface area (Å²) >= 11 is 0. The number of benzene rings is 3. The van der Waals surface area contributed by atoms with Crippen LogP contribution < -0.4 is 0 Å². The van der Waals surface area contributed by atoms with Gasteiger partial charge in [-0.25, -0.2) is 24.9 Å². The maximum absolute atomic E-state index is 4.98. The average molecular weight is 470 g/mol. The summed E-state index contributed by atoms with van der Waals surface area (Å²) in [7, 11) is 0. The quantitative estimate of drug-likeness (QED) is 0.281. The summed E-state index contributed by atoms with van der Waals surface area (Å²) in [6, 6.07) is 16.9. The second kappa shape index (κ2) is 7.68. The molecule has 3 aromatic carbocycles. The van der Waals surface area contributed by atoms with Crippen molar-refractivity contribution in [3.8, 4) is 22.5 Å². The number of imidazole rings is 2. The molecule has 0 spiro atoms. The largest absolute Gasteiger partial charge is 0.342 e. The molecule has 7 nitrogen and oxygen atoms in total. The highest BCUT2D eigenvalue weighted by molar-refractivity contribution is 6.22. The van der Waals surface area contributed by atoms with Crippen LogP contribution in [0.5, 0.6) is 0 Å². The van der Waals surface area contributed by atoms with Gasteiger partial charge in [-0.2, -0.15) is 0 Å². The summed E-state index contributed by atoms with van der Waals surface area (Å²) in [5, 5.41) is 4.24. The van der Waals surface area contributed by atoms with E-state index < -0.39 is 0 Å². The van der Waals surface area contributed by atoms with Crippen molar-refractivity contribution in [2.24, 2.45) is 0 Å². The SMILES string of the molecule is Cc1ncc(-c2ccc3nc(-c4ccc5c(c4)c4cncnc4c4[nH]c(C(C)C)nc54)ccc3c2)[nH]1. The first kappa shape index (κ1) is 20.7. The molecule has 7 rings (SSSR count). The minimum Gasteiger partial charge on any atom is -0.342 e. The molecular weight excluding hydrogens is 446 g/mol. The van der Waals surface area contributed by atoms with Gasteiger partial charge < -0.3 is 9.97 Å². The second-order valence-electron chi connectivity index (χ2n) is 9.53. The van der Waals surface area contributed by atoms with Crippen LogP contribution in [0.4, 0.5) is 0 Å². The van der Waals surface area contributed by atoms with Crippen LogP contribution in [0, 0.1) is 6.92 Å². The third-order valence-electron chi connectivity index (χ3n) is 6.78. The summed E-state index contributed by atoms with van der Waals surface area (Å²) in [5.41, 5.74) is 7.81. The first-order valence-electron chi connectivity index (χ1n) is 12.0. The molecule has 7 aromatic rings. The summed E-state index contributed by atoms with van der Waals surface area (Å²) < 4.78 is 0. The van der Waals surface area contributed by atoms with Crippen molar-refractivity contribution < 1.29 is 0 Å². The van der Waals surface area contributed by atoms with Gasteiger partial charge in [0.25, 0.3) is 0 Å². The lowest BCUT2D eigenvalue weighted by atomic mass is 9.99. The number of aromatic nitrogens is 7. The first-order valence-corrected chi connectivity index (χ1v) is 12.0. The number of nitrogens with zero attached hydrogens (tertiary/aromatic N) is 5. The summed E-state index contributed by atoms with van der Waals surface area (Å²) in [5.74, 6) is 2.16. The normalized spacial score (nSPS) is 12.0. The Hall–Kier alpha value is -4.65. The smallest absolute Gasteiger partial charge is 0.116 e. The van der Waals surface area contributed by atoms with Gasteiger partial charge in [-0.05, 0) is 36.6 Å². The van der Waals surface area contributed by atoms with Gasteiger partial charge in [-0.3, -0.25) is 0 Å². The molecule has 0 amide bonds. The van der Waals surface area contributed by atoms with E-state index in [1.165, 1.54) is 0 Å². The maximum Gasteiger partial charge on any atom is 0.116 e. The fourth-order valence-electron chi connectivity index (χ4n) is 4.91. The van der Waals surface area contributed by atoms with E-state index in [1.54, 1.807) is 6.33 Å². The Labute approximate surface area is 206 Å². The number of pyridine rings is 1. The molecule has 0 aliphatic carbocycles. The van der Waals surface area contributed by atoms with Crippen molar-refractivity contribution in [3.63, 3.8) is 0 Å². The molecule has 0 saturated heterocycles. The lowest BCUT2D eigenvalue weighted by Gasteiger charge is -2.09. The standard InChI is InChI=1S/C29H23N7/c1-15(2)29-35-27-20-7-4-19(11-21(20)22-12-30-14-32-26(22)28(27)36-29)24-8-5-17-10-18(6-9-23(17)34-24)25-13-31-16(3)33-25/h4-15H,1-3H3,(H,31,33)(H,35,36). The van der Waals surface area contributed by atoms with Gasteiger partial charge in [-0.1, -0.05) is 38.1 Å². The summed E-state index contributed by atoms with van der Waals surface area (Å²) in [6.07, 6.45) is 5.34. The van der Waals surface area contributed by atoms with Gasteiger partial charge in [0.15, 0.2) is 0 Å². The van der Waals surface area contributed by atoms with E-state index in [0.29, 0.717) is 5.92 Å². The van der Waals surface area contributed by atoms with Crippen molar-refractivity contribution in [1.29, 1.82) is 0 Å². The number of aromatic amines is 2. The van der Waals surface area contributed by atoms with Crippen LogP contribution >= 0.6 is 0 Å². The lowest BCUT2D eigenvalue weighted by Crippen LogP contribution is -1.89. The highest BCUT2D eigenvalue weighted by atomic mass is 14.9. The molecule has 0 bridgehead atoms. The predicted octanol–water partition coefficient (Wildman–Crippen LogP) is 6.70. The van der Waals surface area contributed by atoms with E-state index in [4.69, 9.17) is 9.97 Å². The molecule has 0 atom stereocenters. The van der Waals surface area contributed by atoms with Gasteiger partial charge in [0.05, 0.1) is 39.7 Å². The zero-order valence-electron chi connectivity index (χ0n) is 20.2. The van der Waals surface area contributed by atoms with Crippen LogP contribution in [0.2, 0.25) is 0 Å². The molecule has 36 heavy (non-hydrogen) atoms. The topological polar surface area (TPSA) is 96.0 Å². The predicted molar refractivity (Wildman–Crippen MR) is 144 cm³/mol. The Morgan fingerprint density at radius 2 is 1.64 bits per heavy atom. The molecule has 0 radical (unpaired) electrons. The molecule has 0 saturated carbocycles. The van der Waals surface area contributed by atoms with Gasteiger partial charge in [0.1, 0.15) is 18.0 Å². The number of hydrogen-bond donors (Lipinski definition) is 2. The molecule has 0 aliphatic heterocycles. The first-order chi connectivity index (χ1) is 17.5. The van der Waals surface area contributed by atoms with E-state index in [0.717, 1.165) is 77.8 Å². The Balaban J connectivity index is 1.39. The molecule has 0 unspecified atom stereocenters. The van der Waals surface area contributed by atoms with Crippen LogP contribution in [-0.2, 0) is 0 Å². The molecule has 174 valence electrons. The zero-order valence-corrected chi connectivity index (χ0v) is 20.2. The molecular formula is C29H23N7. The van der Waals surface area contributed by atoms with E-state index in [1.807, 2.05) is 19.3 Å². The Morgan fingerprint density at radius 1 is 0.750 bits per heavy atom. The van der Waals surface area contributed by atoms with Crippen molar-refractivity contribution >= 4 is 43.6 Å².